The van der Waals surface area contributed by atoms with Crippen LogP contribution in [-0.4, -0.2) is 0 Å². The molecule has 0 heterocycles. The average molecular weight is 130 g/mol. The maximum absolute atomic E-state index is 2.12. The topological polar surface area (TPSA) is 0 Å². The van der Waals surface area contributed by atoms with Crippen molar-refractivity contribution in [2.45, 2.75) is 48.0 Å². The summed E-state index contributed by atoms with van der Waals surface area (Å²) in [5, 5.41) is 0. The zero-order valence-corrected chi connectivity index (χ0v) is 7.86. The monoisotopic (exact) mass is 130 g/mol. The van der Waals surface area contributed by atoms with Crippen LogP contribution in [0.2, 0.25) is 0 Å². The first-order valence-electron chi connectivity index (χ1n) is 4.03. The van der Waals surface area contributed by atoms with Gasteiger partial charge in [0.05, 0.1) is 0 Å². The van der Waals surface area contributed by atoms with Gasteiger partial charge in [-0.25, -0.2) is 0 Å². The molecule has 0 amide bonds. The van der Waals surface area contributed by atoms with Crippen molar-refractivity contribution in [1.29, 1.82) is 0 Å². The van der Waals surface area contributed by atoms with E-state index in [0.29, 0.717) is 0 Å². The van der Waals surface area contributed by atoms with Crippen molar-refractivity contribution in [3.63, 3.8) is 0 Å². The largest absolute Gasteiger partial charge is 0.0917 e. The van der Waals surface area contributed by atoms with Gasteiger partial charge in [-0.05, 0) is 13.3 Å². The van der Waals surface area contributed by atoms with Crippen LogP contribution in [0.4, 0.5) is 0 Å². The highest BCUT2D eigenvalue weighted by molar-refractivity contribution is 4.73. The third kappa shape index (κ3) is 84.2. The van der Waals surface area contributed by atoms with E-state index in [1.54, 1.807) is 0 Å². The van der Waals surface area contributed by atoms with E-state index in [1.165, 1.54) is 0 Å². The Bertz CT molecular complexity index is 27.0. The van der Waals surface area contributed by atoms with Crippen LogP contribution in [-0.2, 0) is 0 Å². The molecule has 0 fully saturated rings. The molecule has 0 aromatic rings. The van der Waals surface area contributed by atoms with E-state index >= 15 is 0 Å². The van der Waals surface area contributed by atoms with Crippen LogP contribution in [0.1, 0.15) is 48.0 Å². The molecule has 0 aromatic carbocycles. The molecule has 0 heteroatoms. The molecule has 58 valence electrons. The quantitative estimate of drug-likeness (QED) is 0.470. The zero-order chi connectivity index (χ0) is 8.12. The van der Waals surface area contributed by atoms with Crippen LogP contribution in [0, 0.1) is 0 Å². The Hall–Kier alpha value is -0.260. The minimum absolute atomic E-state index is 1.16. The van der Waals surface area contributed by atoms with Crippen molar-refractivity contribution in [2.75, 3.05) is 0 Å². The molecule has 0 bridgehead atoms. The van der Waals surface area contributed by atoms with Crippen molar-refractivity contribution in [1.82, 2.24) is 0 Å². The van der Waals surface area contributed by atoms with E-state index in [1.807, 2.05) is 34.6 Å². The third-order valence-corrected chi connectivity index (χ3v) is 0.471. The van der Waals surface area contributed by atoms with Gasteiger partial charge < -0.3 is 0 Å². The minimum Gasteiger partial charge on any atom is -0.0917 e. The molecule has 0 atom stereocenters. The maximum Gasteiger partial charge on any atom is -0.0379 e. The standard InChI is InChI=1S/C5H10.2C2H6/c1-3-5-4-2;2*1-2/h3,5H,4H2,1-2H3;2*1-2H3. The van der Waals surface area contributed by atoms with Crippen molar-refractivity contribution in [2.24, 2.45) is 0 Å². The van der Waals surface area contributed by atoms with Crippen LogP contribution in [0.3, 0.4) is 0 Å². The lowest BCUT2D eigenvalue weighted by atomic mass is 10.4. The number of hydrogen-bond acceptors (Lipinski definition) is 0. The summed E-state index contributed by atoms with van der Waals surface area (Å²) in [6.07, 6.45) is 5.34. The molecule has 0 saturated heterocycles. The van der Waals surface area contributed by atoms with Gasteiger partial charge >= 0.3 is 0 Å². The van der Waals surface area contributed by atoms with Crippen molar-refractivity contribution in [3.8, 4) is 0 Å². The van der Waals surface area contributed by atoms with E-state index in [9.17, 15) is 0 Å². The molecular formula is C9H22. The molecule has 9 heavy (non-hydrogen) atoms. The molecule has 0 unspecified atom stereocenters. The summed E-state index contributed by atoms with van der Waals surface area (Å²) in [5.74, 6) is 0. The lowest BCUT2D eigenvalue weighted by Crippen LogP contribution is -1.43. The Morgan fingerprint density at radius 1 is 1.00 bits per heavy atom. The van der Waals surface area contributed by atoms with E-state index in [4.69, 9.17) is 0 Å². The highest BCUT2D eigenvalue weighted by Gasteiger charge is 1.52. The maximum atomic E-state index is 2.12. The van der Waals surface area contributed by atoms with Gasteiger partial charge in [0.2, 0.25) is 0 Å². The Kier molecular flexibility index (Phi) is 82.7. The molecule has 0 radical (unpaired) electrons. The van der Waals surface area contributed by atoms with E-state index in [0.717, 1.165) is 6.42 Å². The Labute approximate surface area is 61.0 Å². The summed E-state index contributed by atoms with van der Waals surface area (Å²) in [5.41, 5.74) is 0. The van der Waals surface area contributed by atoms with Gasteiger partial charge in [-0.3, -0.25) is 0 Å². The molecule has 0 aromatic heterocycles. The molecule has 0 aliphatic heterocycles. The molecule has 0 spiro atoms. The summed E-state index contributed by atoms with van der Waals surface area (Å²) >= 11 is 0. The fraction of sp³-hybridized carbons (Fsp3) is 0.778. The van der Waals surface area contributed by atoms with Crippen LogP contribution < -0.4 is 0 Å². The highest BCUT2D eigenvalue weighted by atomic mass is 13.6. The lowest BCUT2D eigenvalue weighted by molar-refractivity contribution is 1.22. The predicted molar refractivity (Wildman–Crippen MR) is 47.8 cm³/mol. The van der Waals surface area contributed by atoms with E-state index in [2.05, 4.69) is 19.1 Å². The van der Waals surface area contributed by atoms with Crippen LogP contribution in [0.25, 0.3) is 0 Å². The van der Waals surface area contributed by atoms with Gasteiger partial charge in [-0.1, -0.05) is 46.8 Å². The number of allylic oxidation sites excluding steroid dienone is 2. The molecular weight excluding hydrogens is 108 g/mol. The van der Waals surface area contributed by atoms with Crippen molar-refractivity contribution >= 4 is 0 Å². The molecule has 0 aliphatic rings. The van der Waals surface area contributed by atoms with Crippen molar-refractivity contribution < 1.29 is 0 Å². The predicted octanol–water partition coefficient (Wildman–Crippen LogP) is 4.02. The third-order valence-electron chi connectivity index (χ3n) is 0.471. The molecule has 0 nitrogen and oxygen atoms in total. The minimum atomic E-state index is 1.16. The average Bonchev–Trinajstić information content (AvgIpc) is 1.98. The first kappa shape index (κ1) is 15.9. The number of rotatable bonds is 1. The highest BCUT2D eigenvalue weighted by Crippen LogP contribution is 1.73. The van der Waals surface area contributed by atoms with Gasteiger partial charge in [0, 0.05) is 0 Å². The second-order valence-corrected chi connectivity index (χ2v) is 0.977. The number of hydrogen-bond donors (Lipinski definition) is 0. The normalized spacial score (nSPS) is 6.89. The van der Waals surface area contributed by atoms with Crippen LogP contribution in [0.15, 0.2) is 12.2 Å². The van der Waals surface area contributed by atoms with Gasteiger partial charge in [0.1, 0.15) is 0 Å². The summed E-state index contributed by atoms with van der Waals surface area (Å²) in [6.45, 7) is 12.2. The molecule has 0 aliphatic carbocycles. The molecule has 0 rings (SSSR count). The van der Waals surface area contributed by atoms with Crippen LogP contribution in [0.5, 0.6) is 0 Å². The zero-order valence-electron chi connectivity index (χ0n) is 7.86. The summed E-state index contributed by atoms with van der Waals surface area (Å²) in [6, 6.07) is 0. The van der Waals surface area contributed by atoms with Gasteiger partial charge in [0.15, 0.2) is 0 Å². The molecule has 0 saturated carbocycles. The first-order chi connectivity index (χ1) is 4.41. The van der Waals surface area contributed by atoms with Gasteiger partial charge in [0.25, 0.3) is 0 Å². The Balaban J connectivity index is -0.0000000771. The Morgan fingerprint density at radius 2 is 1.33 bits per heavy atom. The summed E-state index contributed by atoms with van der Waals surface area (Å²) < 4.78 is 0. The smallest absolute Gasteiger partial charge is 0.0379 e. The van der Waals surface area contributed by atoms with Crippen molar-refractivity contribution in [3.05, 3.63) is 12.2 Å². The van der Waals surface area contributed by atoms with Gasteiger partial charge in [-0.2, -0.15) is 0 Å². The Morgan fingerprint density at radius 3 is 1.33 bits per heavy atom. The fourth-order valence-corrected chi connectivity index (χ4v) is 0.236. The van der Waals surface area contributed by atoms with Gasteiger partial charge in [-0.15, -0.1) is 0 Å². The lowest BCUT2D eigenvalue weighted by Gasteiger charge is -1.65. The summed E-state index contributed by atoms with van der Waals surface area (Å²) in [7, 11) is 0. The van der Waals surface area contributed by atoms with Crippen LogP contribution >= 0.6 is 0 Å². The molecule has 0 N–H and O–H groups in total. The SMILES string of the molecule is CC.CC.CC=CCC. The fourth-order valence-electron chi connectivity index (χ4n) is 0.236. The van der Waals surface area contributed by atoms with E-state index < -0.39 is 0 Å². The van der Waals surface area contributed by atoms with E-state index in [-0.39, 0.29) is 0 Å². The second-order valence-electron chi connectivity index (χ2n) is 0.977. The first-order valence-corrected chi connectivity index (χ1v) is 4.03. The second kappa shape index (κ2) is 46.8. The summed E-state index contributed by atoms with van der Waals surface area (Å²) in [4.78, 5) is 0.